The standard InChI is InChI=1S/C29H28OSi/c1-29(14-7-15-31(2,3)30-29)28-11-6-10-22-17-24-13-12-23-16-20-8-4-5-9-21(20)18-25(23)26(24)19-27(22)28/h4-6,8-13,16-19H,7,14-15H2,1-3H3. The quantitative estimate of drug-likeness (QED) is 0.150. The second kappa shape index (κ2) is 6.66. The molecule has 0 aromatic heterocycles. The molecule has 1 aliphatic rings. The third kappa shape index (κ3) is 3.09. The Labute approximate surface area is 184 Å². The molecule has 0 aliphatic carbocycles. The van der Waals surface area contributed by atoms with E-state index in [1.165, 1.54) is 61.1 Å². The molecule has 2 heteroatoms. The van der Waals surface area contributed by atoms with Crippen molar-refractivity contribution in [2.45, 2.75) is 44.5 Å². The molecule has 1 nitrogen and oxygen atoms in total. The Bertz CT molecular complexity index is 1480. The van der Waals surface area contributed by atoms with Crippen molar-refractivity contribution in [3.8, 4) is 0 Å². The normalized spacial score (nSPS) is 21.3. The van der Waals surface area contributed by atoms with Gasteiger partial charge in [0.1, 0.15) is 0 Å². The summed E-state index contributed by atoms with van der Waals surface area (Å²) in [5.41, 5.74) is 1.16. The lowest BCUT2D eigenvalue weighted by molar-refractivity contribution is 0.0515. The summed E-state index contributed by atoms with van der Waals surface area (Å²) in [6.45, 7) is 7.05. The minimum atomic E-state index is -1.62. The molecule has 5 aromatic rings. The first kappa shape index (κ1) is 19.0. The van der Waals surface area contributed by atoms with Crippen LogP contribution in [0.1, 0.15) is 25.3 Å². The molecular formula is C29H28OSi. The minimum Gasteiger partial charge on any atom is -0.408 e. The molecule has 5 aromatic carbocycles. The van der Waals surface area contributed by atoms with Crippen molar-refractivity contribution in [3.05, 3.63) is 84.4 Å². The second-order valence-corrected chi connectivity index (χ2v) is 14.3. The first-order chi connectivity index (χ1) is 14.9. The summed E-state index contributed by atoms with van der Waals surface area (Å²) in [5.74, 6) is 0. The Balaban J connectivity index is 1.65. The fourth-order valence-electron chi connectivity index (χ4n) is 5.74. The molecule has 1 saturated heterocycles. The van der Waals surface area contributed by atoms with E-state index in [1.54, 1.807) is 0 Å². The van der Waals surface area contributed by atoms with Crippen LogP contribution in [0.5, 0.6) is 0 Å². The van der Waals surface area contributed by atoms with Crippen LogP contribution < -0.4 is 0 Å². The topological polar surface area (TPSA) is 9.23 Å². The van der Waals surface area contributed by atoms with Gasteiger partial charge < -0.3 is 4.43 Å². The van der Waals surface area contributed by atoms with Crippen LogP contribution in [0, 0.1) is 0 Å². The van der Waals surface area contributed by atoms with Crippen molar-refractivity contribution in [1.29, 1.82) is 0 Å². The van der Waals surface area contributed by atoms with Gasteiger partial charge in [-0.1, -0.05) is 61.0 Å². The van der Waals surface area contributed by atoms with Crippen molar-refractivity contribution in [2.75, 3.05) is 0 Å². The Morgan fingerprint density at radius 2 is 1.29 bits per heavy atom. The molecule has 154 valence electrons. The molecule has 0 amide bonds. The van der Waals surface area contributed by atoms with Crippen molar-refractivity contribution in [2.24, 2.45) is 0 Å². The molecule has 1 aliphatic heterocycles. The summed E-state index contributed by atoms with van der Waals surface area (Å²) in [7, 11) is -1.62. The maximum atomic E-state index is 6.85. The highest BCUT2D eigenvalue weighted by atomic mass is 28.4. The molecular weight excluding hydrogens is 392 g/mol. The summed E-state index contributed by atoms with van der Waals surface area (Å²) < 4.78 is 6.85. The molecule has 1 atom stereocenters. The van der Waals surface area contributed by atoms with Gasteiger partial charge in [-0.25, -0.2) is 0 Å². The minimum absolute atomic E-state index is 0.196. The molecule has 1 heterocycles. The average Bonchev–Trinajstić information content (AvgIpc) is 2.75. The second-order valence-electron chi connectivity index (χ2n) is 10.0. The first-order valence-electron chi connectivity index (χ1n) is 11.4. The molecule has 0 radical (unpaired) electrons. The van der Waals surface area contributed by atoms with E-state index in [-0.39, 0.29) is 5.60 Å². The summed E-state index contributed by atoms with van der Waals surface area (Å²) >= 11 is 0. The van der Waals surface area contributed by atoms with Gasteiger partial charge in [0.15, 0.2) is 8.32 Å². The highest BCUT2D eigenvalue weighted by Crippen LogP contribution is 2.44. The van der Waals surface area contributed by atoms with Gasteiger partial charge in [-0.3, -0.25) is 0 Å². The lowest BCUT2D eigenvalue weighted by Crippen LogP contribution is -2.44. The smallest absolute Gasteiger partial charge is 0.187 e. The van der Waals surface area contributed by atoms with Crippen LogP contribution in [-0.4, -0.2) is 8.32 Å². The van der Waals surface area contributed by atoms with Gasteiger partial charge in [-0.2, -0.15) is 0 Å². The van der Waals surface area contributed by atoms with Gasteiger partial charge in [0.05, 0.1) is 5.60 Å². The molecule has 0 saturated carbocycles. The molecule has 1 unspecified atom stereocenters. The van der Waals surface area contributed by atoms with Crippen molar-refractivity contribution < 1.29 is 4.43 Å². The SMILES string of the molecule is CC1(c2cccc3cc4ccc5cc6ccccc6cc5c4cc23)CCC[Si](C)(C)O1. The van der Waals surface area contributed by atoms with Crippen LogP contribution in [0.25, 0.3) is 43.1 Å². The summed E-state index contributed by atoms with van der Waals surface area (Å²) in [4.78, 5) is 0. The largest absolute Gasteiger partial charge is 0.408 e. The first-order valence-corrected chi connectivity index (χ1v) is 14.5. The molecule has 0 bridgehead atoms. The van der Waals surface area contributed by atoms with Crippen LogP contribution in [0.15, 0.2) is 78.9 Å². The van der Waals surface area contributed by atoms with E-state index < -0.39 is 8.32 Å². The van der Waals surface area contributed by atoms with E-state index in [2.05, 4.69) is 98.9 Å². The summed E-state index contributed by atoms with van der Waals surface area (Å²) in [6.07, 6.45) is 2.36. The monoisotopic (exact) mass is 420 g/mol. The van der Waals surface area contributed by atoms with Crippen molar-refractivity contribution >= 4 is 51.4 Å². The maximum Gasteiger partial charge on any atom is 0.187 e. The van der Waals surface area contributed by atoms with E-state index in [0.29, 0.717) is 0 Å². The fraction of sp³-hybridized carbons (Fsp3) is 0.241. The Kier molecular flexibility index (Phi) is 4.09. The van der Waals surface area contributed by atoms with Gasteiger partial charge in [-0.05, 0) is 105 Å². The predicted octanol–water partition coefficient (Wildman–Crippen LogP) is 8.53. The zero-order valence-corrected chi connectivity index (χ0v) is 19.5. The Morgan fingerprint density at radius 3 is 2.03 bits per heavy atom. The van der Waals surface area contributed by atoms with Gasteiger partial charge in [0, 0.05) is 0 Å². The van der Waals surface area contributed by atoms with Gasteiger partial charge >= 0.3 is 0 Å². The van der Waals surface area contributed by atoms with Crippen LogP contribution >= 0.6 is 0 Å². The van der Waals surface area contributed by atoms with Crippen LogP contribution in [0.2, 0.25) is 19.1 Å². The Hall–Kier alpha value is -2.68. The van der Waals surface area contributed by atoms with Crippen molar-refractivity contribution in [1.82, 2.24) is 0 Å². The lowest BCUT2D eigenvalue weighted by atomic mass is 9.86. The number of rotatable bonds is 1. The van der Waals surface area contributed by atoms with E-state index >= 15 is 0 Å². The number of hydrogen-bond acceptors (Lipinski definition) is 1. The van der Waals surface area contributed by atoms with E-state index in [1.807, 2.05) is 0 Å². The summed E-state index contributed by atoms with van der Waals surface area (Å²) in [6, 6.07) is 30.7. The number of hydrogen-bond donors (Lipinski definition) is 0. The Morgan fingerprint density at radius 1 is 0.677 bits per heavy atom. The third-order valence-corrected chi connectivity index (χ3v) is 9.77. The zero-order valence-electron chi connectivity index (χ0n) is 18.5. The zero-order chi connectivity index (χ0) is 21.2. The fourth-order valence-corrected chi connectivity index (χ4v) is 8.30. The van der Waals surface area contributed by atoms with Crippen LogP contribution in [0.4, 0.5) is 0 Å². The van der Waals surface area contributed by atoms with Gasteiger partial charge in [-0.15, -0.1) is 0 Å². The van der Waals surface area contributed by atoms with E-state index in [4.69, 9.17) is 4.43 Å². The van der Waals surface area contributed by atoms with Gasteiger partial charge in [0.2, 0.25) is 0 Å². The maximum absolute atomic E-state index is 6.85. The summed E-state index contributed by atoms with van der Waals surface area (Å²) in [5, 5.41) is 10.5. The van der Waals surface area contributed by atoms with Crippen LogP contribution in [-0.2, 0) is 10.0 Å². The molecule has 31 heavy (non-hydrogen) atoms. The van der Waals surface area contributed by atoms with Crippen molar-refractivity contribution in [3.63, 3.8) is 0 Å². The van der Waals surface area contributed by atoms with Gasteiger partial charge in [0.25, 0.3) is 0 Å². The number of fused-ring (bicyclic) bond motifs is 5. The number of benzene rings is 5. The molecule has 0 spiro atoms. The molecule has 6 rings (SSSR count). The highest BCUT2D eigenvalue weighted by Gasteiger charge is 2.40. The molecule has 1 fully saturated rings. The molecule has 0 N–H and O–H groups in total. The van der Waals surface area contributed by atoms with E-state index in [9.17, 15) is 0 Å². The predicted molar refractivity (Wildman–Crippen MR) is 136 cm³/mol. The average molecular weight is 421 g/mol. The lowest BCUT2D eigenvalue weighted by Gasteiger charge is -2.43. The van der Waals surface area contributed by atoms with E-state index in [0.717, 1.165) is 6.42 Å². The van der Waals surface area contributed by atoms with Crippen LogP contribution in [0.3, 0.4) is 0 Å². The third-order valence-electron chi connectivity index (χ3n) is 7.20. The highest BCUT2D eigenvalue weighted by molar-refractivity contribution is 6.71.